The van der Waals surface area contributed by atoms with Gasteiger partial charge in [0.1, 0.15) is 0 Å². The molecule has 5 heteroatoms. The van der Waals surface area contributed by atoms with Gasteiger partial charge in [-0.1, -0.05) is 6.92 Å². The summed E-state index contributed by atoms with van der Waals surface area (Å²) in [5.74, 6) is 0. The van der Waals surface area contributed by atoms with E-state index in [2.05, 4.69) is 11.9 Å². The van der Waals surface area contributed by atoms with Gasteiger partial charge in [-0.25, -0.2) is 9.79 Å². The highest BCUT2D eigenvalue weighted by atomic mass is 28.3. The average molecular weight is 231 g/mol. The van der Waals surface area contributed by atoms with E-state index in [1.165, 1.54) is 0 Å². The second-order valence-electron chi connectivity index (χ2n) is 3.37. The molecule has 0 amide bonds. The topological polar surface area (TPSA) is 47.9 Å². The van der Waals surface area contributed by atoms with Crippen LogP contribution in [0.1, 0.15) is 33.6 Å². The summed E-state index contributed by atoms with van der Waals surface area (Å²) in [4.78, 5) is 13.4. The van der Waals surface area contributed by atoms with Crippen molar-refractivity contribution in [1.82, 2.24) is 0 Å². The maximum atomic E-state index is 9.86. The quantitative estimate of drug-likeness (QED) is 0.263. The van der Waals surface area contributed by atoms with E-state index in [0.29, 0.717) is 25.3 Å². The molecule has 0 aromatic rings. The van der Waals surface area contributed by atoms with Crippen molar-refractivity contribution >= 4 is 15.4 Å². The van der Waals surface area contributed by atoms with Gasteiger partial charge in [0.2, 0.25) is 6.08 Å². The van der Waals surface area contributed by atoms with Gasteiger partial charge in [0.05, 0.1) is 6.54 Å². The fraction of sp³-hybridized carbons (Fsp3) is 0.900. The SMILES string of the molecule is CCO[SiH](OCC)C(C)CCCN=C=O. The van der Waals surface area contributed by atoms with E-state index in [0.717, 1.165) is 12.8 Å². The van der Waals surface area contributed by atoms with Crippen LogP contribution in [0.4, 0.5) is 0 Å². The molecule has 0 saturated carbocycles. The van der Waals surface area contributed by atoms with Gasteiger partial charge in [-0.2, -0.15) is 0 Å². The van der Waals surface area contributed by atoms with Crippen LogP contribution in [0.2, 0.25) is 5.54 Å². The van der Waals surface area contributed by atoms with E-state index in [1.54, 1.807) is 6.08 Å². The van der Waals surface area contributed by atoms with E-state index in [-0.39, 0.29) is 0 Å². The van der Waals surface area contributed by atoms with Crippen LogP contribution in [0.3, 0.4) is 0 Å². The van der Waals surface area contributed by atoms with Gasteiger partial charge < -0.3 is 8.85 Å². The lowest BCUT2D eigenvalue weighted by atomic mass is 10.2. The zero-order chi connectivity index (χ0) is 11.5. The van der Waals surface area contributed by atoms with Crippen molar-refractivity contribution < 1.29 is 13.6 Å². The van der Waals surface area contributed by atoms with Crippen LogP contribution < -0.4 is 0 Å². The summed E-state index contributed by atoms with van der Waals surface area (Å²) >= 11 is 0. The summed E-state index contributed by atoms with van der Waals surface area (Å²) < 4.78 is 11.2. The normalized spacial score (nSPS) is 12.5. The first-order valence-corrected chi connectivity index (χ1v) is 7.14. The van der Waals surface area contributed by atoms with E-state index < -0.39 is 9.28 Å². The van der Waals surface area contributed by atoms with Crippen LogP contribution >= 0.6 is 0 Å². The Morgan fingerprint density at radius 1 is 1.33 bits per heavy atom. The number of hydrogen-bond acceptors (Lipinski definition) is 4. The maximum Gasteiger partial charge on any atom is 0.324 e. The molecule has 0 aliphatic heterocycles. The van der Waals surface area contributed by atoms with Crippen molar-refractivity contribution in [3.8, 4) is 0 Å². The van der Waals surface area contributed by atoms with Gasteiger partial charge in [-0.05, 0) is 32.2 Å². The molecule has 0 fully saturated rings. The highest BCUT2D eigenvalue weighted by Gasteiger charge is 2.20. The Morgan fingerprint density at radius 2 is 1.93 bits per heavy atom. The molecule has 1 atom stereocenters. The second kappa shape index (κ2) is 10.0. The molecule has 15 heavy (non-hydrogen) atoms. The molecule has 0 rings (SSSR count). The molecule has 0 aromatic carbocycles. The van der Waals surface area contributed by atoms with Gasteiger partial charge in [0.15, 0.2) is 0 Å². The minimum atomic E-state index is -1.52. The van der Waals surface area contributed by atoms with Crippen molar-refractivity contribution in [2.45, 2.75) is 39.2 Å². The zero-order valence-corrected chi connectivity index (χ0v) is 11.0. The second-order valence-corrected chi connectivity index (χ2v) is 5.91. The van der Waals surface area contributed by atoms with Gasteiger partial charge in [0.25, 0.3) is 0 Å². The van der Waals surface area contributed by atoms with Gasteiger partial charge in [-0.15, -0.1) is 0 Å². The monoisotopic (exact) mass is 231 g/mol. The lowest BCUT2D eigenvalue weighted by Gasteiger charge is -2.20. The minimum absolute atomic E-state index is 0.465. The van der Waals surface area contributed by atoms with E-state index in [9.17, 15) is 4.79 Å². The summed E-state index contributed by atoms with van der Waals surface area (Å²) in [6.07, 6.45) is 3.45. The molecule has 0 radical (unpaired) electrons. The largest absolute Gasteiger partial charge is 0.397 e. The Balaban J connectivity index is 3.79. The Labute approximate surface area is 93.5 Å². The highest BCUT2D eigenvalue weighted by Crippen LogP contribution is 2.18. The van der Waals surface area contributed by atoms with E-state index in [4.69, 9.17) is 8.85 Å². The van der Waals surface area contributed by atoms with Crippen LogP contribution in [0.15, 0.2) is 4.99 Å². The Hall–Kier alpha value is -0.483. The number of nitrogens with zero attached hydrogens (tertiary/aromatic N) is 1. The van der Waals surface area contributed by atoms with Gasteiger partial charge >= 0.3 is 9.28 Å². The summed E-state index contributed by atoms with van der Waals surface area (Å²) in [5.41, 5.74) is 0.465. The van der Waals surface area contributed by atoms with Crippen molar-refractivity contribution in [2.24, 2.45) is 4.99 Å². The number of hydrogen-bond donors (Lipinski definition) is 0. The molecule has 0 spiro atoms. The van der Waals surface area contributed by atoms with Crippen LogP contribution in [0, 0.1) is 0 Å². The average Bonchev–Trinajstić information content (AvgIpc) is 2.24. The predicted octanol–water partition coefficient (Wildman–Crippen LogP) is 1.79. The predicted molar refractivity (Wildman–Crippen MR) is 62.0 cm³/mol. The number of isocyanates is 1. The summed E-state index contributed by atoms with van der Waals surface area (Å²) in [5, 5.41) is 0. The molecule has 0 N–H and O–H groups in total. The molecule has 88 valence electrons. The lowest BCUT2D eigenvalue weighted by Crippen LogP contribution is -2.27. The molecular weight excluding hydrogens is 210 g/mol. The van der Waals surface area contributed by atoms with Crippen LogP contribution in [-0.2, 0) is 13.6 Å². The molecule has 0 heterocycles. The Morgan fingerprint density at radius 3 is 2.40 bits per heavy atom. The molecule has 0 aromatic heterocycles. The van der Waals surface area contributed by atoms with Gasteiger partial charge in [-0.3, -0.25) is 0 Å². The summed E-state index contributed by atoms with van der Waals surface area (Å²) in [6, 6.07) is 0. The van der Waals surface area contributed by atoms with Crippen molar-refractivity contribution in [3.63, 3.8) is 0 Å². The third kappa shape index (κ3) is 7.45. The Bertz CT molecular complexity index is 189. The molecule has 0 aliphatic rings. The fourth-order valence-corrected chi connectivity index (χ4v) is 3.30. The lowest BCUT2D eigenvalue weighted by molar-refractivity contribution is 0.203. The number of carbonyl (C=O) groups excluding carboxylic acids is 1. The number of aliphatic imine (C=N–C) groups is 1. The fourth-order valence-electron chi connectivity index (χ4n) is 1.38. The smallest absolute Gasteiger partial charge is 0.324 e. The van der Waals surface area contributed by atoms with Crippen LogP contribution in [-0.4, -0.2) is 35.1 Å². The number of rotatable bonds is 9. The van der Waals surface area contributed by atoms with Crippen molar-refractivity contribution in [3.05, 3.63) is 0 Å². The maximum absolute atomic E-state index is 9.86. The zero-order valence-electron chi connectivity index (χ0n) is 9.86. The highest BCUT2D eigenvalue weighted by molar-refractivity contribution is 6.46. The first-order chi connectivity index (χ1) is 7.26. The first-order valence-electron chi connectivity index (χ1n) is 5.53. The van der Waals surface area contributed by atoms with Crippen LogP contribution in [0.5, 0.6) is 0 Å². The van der Waals surface area contributed by atoms with E-state index >= 15 is 0 Å². The molecule has 1 unspecified atom stereocenters. The Kier molecular flexibility index (Phi) is 9.73. The van der Waals surface area contributed by atoms with Gasteiger partial charge in [0, 0.05) is 13.2 Å². The molecule has 4 nitrogen and oxygen atoms in total. The first kappa shape index (κ1) is 14.5. The summed E-state index contributed by atoms with van der Waals surface area (Å²) in [7, 11) is -1.52. The third-order valence-corrected chi connectivity index (χ3v) is 4.71. The molecule has 0 saturated heterocycles. The third-order valence-electron chi connectivity index (χ3n) is 2.12. The molecule has 0 bridgehead atoms. The molecule has 0 aliphatic carbocycles. The van der Waals surface area contributed by atoms with Crippen molar-refractivity contribution in [1.29, 1.82) is 0 Å². The van der Waals surface area contributed by atoms with Crippen molar-refractivity contribution in [2.75, 3.05) is 19.8 Å². The standard InChI is InChI=1S/C10H21NO3Si/c1-4-13-15(14-5-2)10(3)7-6-8-11-9-12/h10,15H,4-8H2,1-3H3. The summed E-state index contributed by atoms with van der Waals surface area (Å²) in [6.45, 7) is 8.12. The minimum Gasteiger partial charge on any atom is -0.397 e. The van der Waals surface area contributed by atoms with E-state index in [1.807, 2.05) is 13.8 Å². The molecular formula is C10H21NO3Si. The van der Waals surface area contributed by atoms with Crippen LogP contribution in [0.25, 0.3) is 0 Å².